The molecule has 0 spiro atoms. The lowest BCUT2D eigenvalue weighted by Gasteiger charge is -2.08. The van der Waals surface area contributed by atoms with Gasteiger partial charge in [0.2, 0.25) is 0 Å². The molecule has 1 aromatic rings. The van der Waals surface area contributed by atoms with Crippen molar-refractivity contribution in [1.82, 2.24) is 0 Å². The van der Waals surface area contributed by atoms with Gasteiger partial charge in [-0.2, -0.15) is 5.26 Å². The standard InChI is InChI=1S/C10H11FN2/c1-6(2)8-4-10(13)9(11)3-7(8)5-12/h3-4,6H,13H2,1-2H3. The highest BCUT2D eigenvalue weighted by atomic mass is 19.1. The van der Waals surface area contributed by atoms with E-state index in [9.17, 15) is 4.39 Å². The number of nitrogens with zero attached hydrogens (tertiary/aromatic N) is 1. The van der Waals surface area contributed by atoms with Crippen molar-refractivity contribution in [1.29, 1.82) is 5.26 Å². The highest BCUT2D eigenvalue weighted by molar-refractivity contribution is 5.51. The summed E-state index contributed by atoms with van der Waals surface area (Å²) in [6, 6.07) is 4.66. The van der Waals surface area contributed by atoms with E-state index in [1.54, 1.807) is 0 Å². The molecule has 0 radical (unpaired) electrons. The second-order valence-electron chi connectivity index (χ2n) is 3.23. The fourth-order valence-corrected chi connectivity index (χ4v) is 1.18. The topological polar surface area (TPSA) is 49.8 Å². The van der Waals surface area contributed by atoms with Crippen LogP contribution in [-0.4, -0.2) is 0 Å². The molecule has 1 rings (SSSR count). The number of nitrogen functional groups attached to an aromatic ring is 1. The molecule has 0 saturated heterocycles. The van der Waals surface area contributed by atoms with E-state index in [0.29, 0.717) is 5.56 Å². The molecule has 0 aliphatic rings. The Labute approximate surface area is 76.8 Å². The van der Waals surface area contributed by atoms with Crippen LogP contribution in [0.4, 0.5) is 10.1 Å². The number of benzene rings is 1. The predicted molar refractivity (Wildman–Crippen MR) is 49.6 cm³/mol. The van der Waals surface area contributed by atoms with Gasteiger partial charge in [-0.05, 0) is 23.6 Å². The number of halogens is 1. The number of anilines is 1. The zero-order chi connectivity index (χ0) is 10.0. The van der Waals surface area contributed by atoms with Crippen LogP contribution in [0.25, 0.3) is 0 Å². The van der Waals surface area contributed by atoms with Gasteiger partial charge in [0.15, 0.2) is 0 Å². The lowest BCUT2D eigenvalue weighted by atomic mass is 9.97. The summed E-state index contributed by atoms with van der Waals surface area (Å²) >= 11 is 0. The van der Waals surface area contributed by atoms with Crippen molar-refractivity contribution in [2.75, 3.05) is 5.73 Å². The quantitative estimate of drug-likeness (QED) is 0.671. The van der Waals surface area contributed by atoms with Crippen molar-refractivity contribution in [3.63, 3.8) is 0 Å². The van der Waals surface area contributed by atoms with E-state index < -0.39 is 5.82 Å². The largest absolute Gasteiger partial charge is 0.396 e. The maximum atomic E-state index is 12.9. The van der Waals surface area contributed by atoms with Crippen LogP contribution >= 0.6 is 0 Å². The molecule has 2 nitrogen and oxygen atoms in total. The first-order valence-electron chi connectivity index (χ1n) is 4.05. The second-order valence-corrected chi connectivity index (χ2v) is 3.23. The monoisotopic (exact) mass is 178 g/mol. The highest BCUT2D eigenvalue weighted by Crippen LogP contribution is 2.23. The Morgan fingerprint density at radius 2 is 2.08 bits per heavy atom. The summed E-state index contributed by atoms with van der Waals surface area (Å²) in [6.07, 6.45) is 0. The first-order valence-corrected chi connectivity index (χ1v) is 4.05. The van der Waals surface area contributed by atoms with Crippen molar-refractivity contribution in [3.05, 3.63) is 29.1 Å². The van der Waals surface area contributed by atoms with E-state index in [1.807, 2.05) is 19.9 Å². The van der Waals surface area contributed by atoms with Crippen LogP contribution < -0.4 is 5.73 Å². The van der Waals surface area contributed by atoms with E-state index in [1.165, 1.54) is 12.1 Å². The molecule has 0 aliphatic heterocycles. The summed E-state index contributed by atoms with van der Waals surface area (Å²) in [5.74, 6) is -0.349. The molecule has 0 atom stereocenters. The van der Waals surface area contributed by atoms with Crippen LogP contribution in [0, 0.1) is 17.1 Å². The SMILES string of the molecule is CC(C)c1cc(N)c(F)cc1C#N. The van der Waals surface area contributed by atoms with Gasteiger partial charge in [0.05, 0.1) is 17.3 Å². The van der Waals surface area contributed by atoms with Crippen LogP contribution in [0.1, 0.15) is 30.9 Å². The average molecular weight is 178 g/mol. The molecule has 3 heteroatoms. The van der Waals surface area contributed by atoms with Crippen molar-refractivity contribution < 1.29 is 4.39 Å². The van der Waals surface area contributed by atoms with E-state index in [4.69, 9.17) is 11.0 Å². The van der Waals surface area contributed by atoms with Crippen LogP contribution in [0.3, 0.4) is 0 Å². The molecule has 68 valence electrons. The van der Waals surface area contributed by atoms with Crippen LogP contribution in [-0.2, 0) is 0 Å². The molecule has 0 amide bonds. The fourth-order valence-electron chi connectivity index (χ4n) is 1.18. The van der Waals surface area contributed by atoms with E-state index >= 15 is 0 Å². The summed E-state index contributed by atoms with van der Waals surface area (Å²) in [5.41, 5.74) is 6.65. The van der Waals surface area contributed by atoms with Gasteiger partial charge in [0.25, 0.3) is 0 Å². The van der Waals surface area contributed by atoms with Crippen LogP contribution in [0.15, 0.2) is 12.1 Å². The zero-order valence-electron chi connectivity index (χ0n) is 7.63. The summed E-state index contributed by atoms with van der Waals surface area (Å²) in [4.78, 5) is 0. The molecule has 0 aromatic heterocycles. The second kappa shape index (κ2) is 3.44. The van der Waals surface area contributed by atoms with Crippen molar-refractivity contribution in [2.24, 2.45) is 0 Å². The maximum Gasteiger partial charge on any atom is 0.147 e. The molecular weight excluding hydrogens is 167 g/mol. The molecule has 1 aromatic carbocycles. The molecular formula is C10H11FN2. The van der Waals surface area contributed by atoms with Gasteiger partial charge >= 0.3 is 0 Å². The minimum Gasteiger partial charge on any atom is -0.396 e. The third-order valence-corrected chi connectivity index (χ3v) is 1.91. The molecule has 13 heavy (non-hydrogen) atoms. The lowest BCUT2D eigenvalue weighted by Crippen LogP contribution is -1.98. The zero-order valence-corrected chi connectivity index (χ0v) is 7.63. The molecule has 0 fully saturated rings. The fraction of sp³-hybridized carbons (Fsp3) is 0.300. The van der Waals surface area contributed by atoms with E-state index in [2.05, 4.69) is 0 Å². The van der Waals surface area contributed by atoms with Crippen molar-refractivity contribution >= 4 is 5.69 Å². The van der Waals surface area contributed by atoms with Gasteiger partial charge in [-0.25, -0.2) is 4.39 Å². The van der Waals surface area contributed by atoms with Crippen molar-refractivity contribution in [3.8, 4) is 6.07 Å². The number of hydrogen-bond acceptors (Lipinski definition) is 2. The van der Waals surface area contributed by atoms with E-state index in [0.717, 1.165) is 5.56 Å². The third-order valence-electron chi connectivity index (χ3n) is 1.91. The predicted octanol–water partition coefficient (Wildman–Crippen LogP) is 2.40. The number of nitrogens with two attached hydrogens (primary N) is 1. The Kier molecular flexibility index (Phi) is 2.52. The normalized spacial score (nSPS) is 10.1. The Hall–Kier alpha value is -1.56. The summed E-state index contributed by atoms with van der Waals surface area (Å²) in [6.45, 7) is 3.88. The van der Waals surface area contributed by atoms with E-state index in [-0.39, 0.29) is 11.6 Å². The van der Waals surface area contributed by atoms with Crippen molar-refractivity contribution in [2.45, 2.75) is 19.8 Å². The number of hydrogen-bond donors (Lipinski definition) is 1. The maximum absolute atomic E-state index is 12.9. The Balaban J connectivity index is 3.35. The molecule has 2 N–H and O–H groups in total. The number of rotatable bonds is 1. The van der Waals surface area contributed by atoms with Crippen LogP contribution in [0.5, 0.6) is 0 Å². The average Bonchev–Trinajstić information content (AvgIpc) is 2.08. The highest BCUT2D eigenvalue weighted by Gasteiger charge is 2.09. The first-order chi connectivity index (χ1) is 6.06. The minimum absolute atomic E-state index is 0.0997. The lowest BCUT2D eigenvalue weighted by molar-refractivity contribution is 0.630. The van der Waals surface area contributed by atoms with Crippen LogP contribution in [0.2, 0.25) is 0 Å². The number of nitriles is 1. The van der Waals surface area contributed by atoms with Gasteiger partial charge in [-0.3, -0.25) is 0 Å². The smallest absolute Gasteiger partial charge is 0.147 e. The summed E-state index contributed by atoms with van der Waals surface area (Å²) in [5, 5.41) is 8.73. The molecule has 0 unspecified atom stereocenters. The summed E-state index contributed by atoms with van der Waals surface area (Å²) in [7, 11) is 0. The Bertz CT molecular complexity index is 364. The van der Waals surface area contributed by atoms with Gasteiger partial charge in [-0.15, -0.1) is 0 Å². The van der Waals surface area contributed by atoms with Gasteiger partial charge in [0.1, 0.15) is 5.82 Å². The molecule has 0 aliphatic carbocycles. The van der Waals surface area contributed by atoms with Gasteiger partial charge < -0.3 is 5.73 Å². The molecule has 0 heterocycles. The Morgan fingerprint density at radius 3 is 2.54 bits per heavy atom. The first kappa shape index (κ1) is 9.53. The third kappa shape index (κ3) is 1.78. The molecule has 0 saturated carbocycles. The minimum atomic E-state index is -0.527. The molecule has 0 bridgehead atoms. The van der Waals surface area contributed by atoms with Gasteiger partial charge in [-0.1, -0.05) is 13.8 Å². The van der Waals surface area contributed by atoms with Gasteiger partial charge in [0, 0.05) is 0 Å². The summed E-state index contributed by atoms with van der Waals surface area (Å²) < 4.78 is 12.9. The Morgan fingerprint density at radius 1 is 1.46 bits per heavy atom.